The Hall–Kier alpha value is -4.24. The zero-order valence-corrected chi connectivity index (χ0v) is 20.0. The third-order valence-electron chi connectivity index (χ3n) is 4.99. The fraction of sp³-hybridized carbons (Fsp3) is 0.227. The molecule has 0 bridgehead atoms. The van der Waals surface area contributed by atoms with Gasteiger partial charge in [-0.05, 0) is 36.4 Å². The highest BCUT2D eigenvalue weighted by Crippen LogP contribution is 2.29. The second-order valence-electron chi connectivity index (χ2n) is 7.59. The van der Waals surface area contributed by atoms with Crippen molar-refractivity contribution in [3.8, 4) is 22.8 Å². The summed E-state index contributed by atoms with van der Waals surface area (Å²) in [4.78, 5) is 29.4. The Morgan fingerprint density at radius 3 is 2.45 bits per heavy atom. The molecule has 0 radical (unpaired) electrons. The highest BCUT2D eigenvalue weighted by atomic mass is 35.5. The van der Waals surface area contributed by atoms with Gasteiger partial charge in [0.15, 0.2) is 17.4 Å². The number of aromatic nitrogens is 6. The van der Waals surface area contributed by atoms with Crippen molar-refractivity contribution in [1.82, 2.24) is 29.1 Å². The second-order valence-corrected chi connectivity index (χ2v) is 8.02. The van der Waals surface area contributed by atoms with Crippen LogP contribution in [0.3, 0.4) is 0 Å². The number of para-hydroxylation sites is 2. The molecule has 0 fully saturated rings. The lowest BCUT2D eigenvalue weighted by molar-refractivity contribution is -0.274. The largest absolute Gasteiger partial charge is 0.573 e. The van der Waals surface area contributed by atoms with Gasteiger partial charge in [-0.1, -0.05) is 23.7 Å². The molecule has 2 aromatic heterocycles. The number of alkyl halides is 4. The number of carbonyl (C=O) groups excluding carboxylic acids is 1. The molecule has 200 valence electrons. The summed E-state index contributed by atoms with van der Waals surface area (Å²) >= 11 is 5.90. The lowest BCUT2D eigenvalue weighted by atomic mass is 10.2. The predicted molar refractivity (Wildman–Crippen MR) is 123 cm³/mol. The Bertz CT molecular complexity index is 1510. The Balaban J connectivity index is 1.79. The van der Waals surface area contributed by atoms with Crippen molar-refractivity contribution in [3.05, 3.63) is 75.7 Å². The van der Waals surface area contributed by atoms with Gasteiger partial charge in [-0.25, -0.2) is 28.3 Å². The number of halogens is 5. The van der Waals surface area contributed by atoms with E-state index >= 15 is 0 Å². The highest BCUT2D eigenvalue weighted by molar-refractivity contribution is 6.30. The summed E-state index contributed by atoms with van der Waals surface area (Å²) < 4.78 is 63.4. The van der Waals surface area contributed by atoms with Crippen molar-refractivity contribution < 1.29 is 36.9 Å². The number of ether oxygens (including phenoxy) is 2. The van der Waals surface area contributed by atoms with Crippen LogP contribution >= 0.6 is 11.6 Å². The SMILES string of the molecule is COC(=O)c1nc(Cn2nc(-c3ccc(Cl)cc3)n(CC(O)F)c2=O)nn1-c1ccccc1OC(F)(F)F. The Kier molecular flexibility index (Phi) is 7.50. The van der Waals surface area contributed by atoms with E-state index in [0.29, 0.717) is 10.6 Å². The minimum atomic E-state index is -5.04. The first-order valence-electron chi connectivity index (χ1n) is 10.6. The van der Waals surface area contributed by atoms with Crippen molar-refractivity contribution in [1.29, 1.82) is 0 Å². The van der Waals surface area contributed by atoms with Crippen LogP contribution in [0.1, 0.15) is 16.4 Å². The number of aliphatic hydroxyl groups excluding tert-OH is 1. The van der Waals surface area contributed by atoms with E-state index in [1.54, 1.807) is 0 Å². The molecule has 11 nitrogen and oxygen atoms in total. The zero-order chi connectivity index (χ0) is 27.6. The number of hydrogen-bond donors (Lipinski definition) is 1. The van der Waals surface area contributed by atoms with E-state index in [-0.39, 0.29) is 17.3 Å². The lowest BCUT2D eigenvalue weighted by Gasteiger charge is -2.13. The number of methoxy groups -OCH3 is 1. The van der Waals surface area contributed by atoms with Crippen molar-refractivity contribution in [3.63, 3.8) is 0 Å². The topological polar surface area (TPSA) is 126 Å². The maximum absolute atomic E-state index is 13.5. The molecule has 0 saturated heterocycles. The summed E-state index contributed by atoms with van der Waals surface area (Å²) in [5.41, 5.74) is -0.773. The molecule has 0 aliphatic rings. The molecule has 0 amide bonds. The maximum atomic E-state index is 13.5. The quantitative estimate of drug-likeness (QED) is 0.259. The first-order chi connectivity index (χ1) is 18.0. The van der Waals surface area contributed by atoms with E-state index in [9.17, 15) is 32.3 Å². The van der Waals surface area contributed by atoms with E-state index in [0.717, 1.165) is 27.1 Å². The minimum absolute atomic E-state index is 0.0140. The van der Waals surface area contributed by atoms with E-state index in [1.165, 1.54) is 42.5 Å². The van der Waals surface area contributed by atoms with E-state index in [2.05, 4.69) is 24.7 Å². The number of aliphatic hydroxyl groups is 1. The van der Waals surface area contributed by atoms with Crippen molar-refractivity contribution in [2.24, 2.45) is 0 Å². The monoisotopic (exact) mass is 556 g/mol. The van der Waals surface area contributed by atoms with Gasteiger partial charge >= 0.3 is 18.0 Å². The fourth-order valence-corrected chi connectivity index (χ4v) is 3.59. The molecule has 1 unspecified atom stereocenters. The van der Waals surface area contributed by atoms with E-state index in [4.69, 9.17) is 11.6 Å². The summed E-state index contributed by atoms with van der Waals surface area (Å²) in [6.45, 7) is -1.22. The van der Waals surface area contributed by atoms with Crippen LogP contribution in [0.25, 0.3) is 17.1 Å². The summed E-state index contributed by atoms with van der Waals surface area (Å²) in [6, 6.07) is 11.0. The van der Waals surface area contributed by atoms with Crippen LogP contribution in [0.5, 0.6) is 5.75 Å². The summed E-state index contributed by atoms with van der Waals surface area (Å²) in [5, 5.41) is 17.9. The first kappa shape index (κ1) is 26.8. The molecule has 4 rings (SSSR count). The smallest absolute Gasteiger partial charge is 0.463 e. The van der Waals surface area contributed by atoms with E-state index < -0.39 is 49.0 Å². The minimum Gasteiger partial charge on any atom is -0.463 e. The average molecular weight is 557 g/mol. The number of rotatable bonds is 8. The molecule has 16 heteroatoms. The van der Waals surface area contributed by atoms with Gasteiger partial charge in [0, 0.05) is 10.6 Å². The highest BCUT2D eigenvalue weighted by Gasteiger charge is 2.33. The molecule has 4 aromatic rings. The Morgan fingerprint density at radius 2 is 1.82 bits per heavy atom. The molecule has 2 aromatic carbocycles. The third kappa shape index (κ3) is 5.84. The molecule has 0 spiro atoms. The molecule has 2 heterocycles. The Morgan fingerprint density at radius 1 is 1.13 bits per heavy atom. The van der Waals surface area contributed by atoms with Gasteiger partial charge in [-0.3, -0.25) is 4.57 Å². The second kappa shape index (κ2) is 10.6. The number of benzene rings is 2. The Labute approximate surface area is 215 Å². The maximum Gasteiger partial charge on any atom is 0.573 e. The molecule has 38 heavy (non-hydrogen) atoms. The molecule has 1 atom stereocenters. The number of hydrogen-bond acceptors (Lipinski definition) is 8. The van der Waals surface area contributed by atoms with Crippen LogP contribution in [-0.4, -0.2) is 60.0 Å². The molecule has 0 aliphatic carbocycles. The standard InChI is InChI=1S/C22H17ClF4N6O5/c1-37-20(35)19-28-17(29-33(19)14-4-2-3-5-15(14)38-22(25,26)27)11-32-21(36)31(10-16(24)34)18(30-32)12-6-8-13(23)9-7-12/h2-9,16,34H,10-11H2,1H3. The number of esters is 1. The zero-order valence-electron chi connectivity index (χ0n) is 19.3. The van der Waals surface area contributed by atoms with E-state index in [1.807, 2.05) is 0 Å². The lowest BCUT2D eigenvalue weighted by Crippen LogP contribution is -2.28. The van der Waals surface area contributed by atoms with Crippen LogP contribution < -0.4 is 10.4 Å². The third-order valence-corrected chi connectivity index (χ3v) is 5.24. The summed E-state index contributed by atoms with van der Waals surface area (Å²) in [7, 11) is 1.03. The van der Waals surface area contributed by atoms with Gasteiger partial charge < -0.3 is 14.6 Å². The number of carbonyl (C=O) groups is 1. The average Bonchev–Trinajstić information content (AvgIpc) is 3.40. The van der Waals surface area contributed by atoms with Gasteiger partial charge in [-0.15, -0.1) is 23.4 Å². The number of nitrogens with zero attached hydrogens (tertiary/aromatic N) is 6. The molecular weight excluding hydrogens is 540 g/mol. The van der Waals surface area contributed by atoms with Crippen LogP contribution in [0, 0.1) is 0 Å². The van der Waals surface area contributed by atoms with Gasteiger partial charge in [0.05, 0.1) is 13.7 Å². The van der Waals surface area contributed by atoms with Gasteiger partial charge in [0.25, 0.3) is 0 Å². The van der Waals surface area contributed by atoms with Crippen molar-refractivity contribution in [2.45, 2.75) is 25.8 Å². The molecule has 1 N–H and O–H groups in total. The van der Waals surface area contributed by atoms with Crippen LogP contribution in [0.15, 0.2) is 53.3 Å². The van der Waals surface area contributed by atoms with Gasteiger partial charge in [0.2, 0.25) is 12.2 Å². The van der Waals surface area contributed by atoms with Crippen LogP contribution in [0.4, 0.5) is 17.6 Å². The normalized spacial score (nSPS) is 12.4. The fourth-order valence-electron chi connectivity index (χ4n) is 3.46. The first-order valence-corrected chi connectivity index (χ1v) is 11.0. The van der Waals surface area contributed by atoms with Crippen molar-refractivity contribution in [2.75, 3.05) is 7.11 Å². The van der Waals surface area contributed by atoms with Gasteiger partial charge in [-0.2, -0.15) is 0 Å². The summed E-state index contributed by atoms with van der Waals surface area (Å²) in [5.74, 6) is -2.46. The van der Waals surface area contributed by atoms with Crippen molar-refractivity contribution >= 4 is 17.6 Å². The van der Waals surface area contributed by atoms with Gasteiger partial charge in [0.1, 0.15) is 12.2 Å². The van der Waals surface area contributed by atoms with Crippen LogP contribution in [-0.2, 0) is 17.8 Å². The summed E-state index contributed by atoms with van der Waals surface area (Å²) in [6.07, 6.45) is -7.42. The molecule has 0 aliphatic heterocycles. The predicted octanol–water partition coefficient (Wildman–Crippen LogP) is 2.97. The molecular formula is C22H17ClF4N6O5. The molecule has 0 saturated carbocycles. The van der Waals surface area contributed by atoms with Crippen LogP contribution in [0.2, 0.25) is 5.02 Å².